The monoisotopic (exact) mass is 355 g/mol. The zero-order valence-electron chi connectivity index (χ0n) is 14.7. The first kappa shape index (κ1) is 17.8. The molecule has 2 atom stereocenters. The van der Waals surface area contributed by atoms with Gasteiger partial charge < -0.3 is 9.67 Å². The van der Waals surface area contributed by atoms with E-state index in [0.717, 1.165) is 10.1 Å². The van der Waals surface area contributed by atoms with E-state index >= 15 is 0 Å². The van der Waals surface area contributed by atoms with Crippen molar-refractivity contribution in [3.63, 3.8) is 0 Å². The highest BCUT2D eigenvalue weighted by Crippen LogP contribution is 2.15. The predicted molar refractivity (Wildman–Crippen MR) is 98.9 cm³/mol. The van der Waals surface area contributed by atoms with Gasteiger partial charge in [-0.3, -0.25) is 19.2 Å². The smallest absolute Gasteiger partial charge is 0.332 e. The second kappa shape index (κ2) is 7.11. The maximum Gasteiger partial charge on any atom is 0.332 e. The minimum atomic E-state index is -0.708. The molecule has 3 aromatic rings. The van der Waals surface area contributed by atoms with E-state index in [0.29, 0.717) is 11.2 Å². The van der Waals surface area contributed by atoms with Crippen LogP contribution in [0.3, 0.4) is 0 Å². The molecule has 8 heteroatoms. The van der Waals surface area contributed by atoms with Crippen LogP contribution in [0.25, 0.3) is 11.2 Å². The Morgan fingerprint density at radius 1 is 1.23 bits per heavy atom. The number of imidazole rings is 1. The lowest BCUT2D eigenvalue weighted by Gasteiger charge is -2.20. The van der Waals surface area contributed by atoms with Crippen molar-refractivity contribution in [2.75, 3.05) is 6.54 Å². The molecule has 26 heavy (non-hydrogen) atoms. The fourth-order valence-corrected chi connectivity index (χ4v) is 2.90. The van der Waals surface area contributed by atoms with Crippen LogP contribution in [0, 0.1) is 0 Å². The van der Waals surface area contributed by atoms with Gasteiger partial charge in [-0.1, -0.05) is 43.0 Å². The number of nitrogens with zero attached hydrogens (tertiary/aromatic N) is 4. The highest BCUT2D eigenvalue weighted by molar-refractivity contribution is 5.70. The van der Waals surface area contributed by atoms with E-state index < -0.39 is 23.5 Å². The second-order valence-corrected chi connectivity index (χ2v) is 6.05. The molecule has 136 valence electrons. The molecule has 1 aromatic carbocycles. The van der Waals surface area contributed by atoms with E-state index in [4.69, 9.17) is 0 Å². The molecule has 0 radical (unpaired) electrons. The summed E-state index contributed by atoms with van der Waals surface area (Å²) in [6.07, 6.45) is 1.92. The number of aliphatic hydroxyl groups is 1. The number of aromatic nitrogens is 4. The summed E-state index contributed by atoms with van der Waals surface area (Å²) in [6.45, 7) is 4.05. The molecule has 2 heterocycles. The second-order valence-electron chi connectivity index (χ2n) is 6.05. The van der Waals surface area contributed by atoms with Crippen LogP contribution in [-0.2, 0) is 14.1 Å². The van der Waals surface area contributed by atoms with Crippen molar-refractivity contribution in [1.29, 1.82) is 0 Å². The van der Waals surface area contributed by atoms with Gasteiger partial charge in [0.15, 0.2) is 11.2 Å². The first-order chi connectivity index (χ1) is 12.5. The minimum absolute atomic E-state index is 0.256. The zero-order valence-corrected chi connectivity index (χ0v) is 14.7. The van der Waals surface area contributed by atoms with Crippen LogP contribution in [0.5, 0.6) is 0 Å². The first-order valence-corrected chi connectivity index (χ1v) is 8.17. The van der Waals surface area contributed by atoms with Crippen LogP contribution >= 0.6 is 0 Å². The molecule has 2 aromatic heterocycles. The normalized spacial score (nSPS) is 13.7. The van der Waals surface area contributed by atoms with Gasteiger partial charge in [0, 0.05) is 20.6 Å². The molecule has 0 aliphatic carbocycles. The molecular weight excluding hydrogens is 334 g/mol. The van der Waals surface area contributed by atoms with E-state index in [1.54, 1.807) is 17.7 Å². The summed E-state index contributed by atoms with van der Waals surface area (Å²) in [4.78, 5) is 28.8. The van der Waals surface area contributed by atoms with Crippen LogP contribution in [0.15, 0.2) is 58.9 Å². The number of hydrogen-bond acceptors (Lipinski definition) is 5. The summed E-state index contributed by atoms with van der Waals surface area (Å²) in [5.41, 5.74) is 0.515. The average Bonchev–Trinajstić information content (AvgIpc) is 3.11. The number of nitrogens with one attached hydrogen (secondary N) is 1. The first-order valence-electron chi connectivity index (χ1n) is 8.17. The summed E-state index contributed by atoms with van der Waals surface area (Å²) in [5.74, 6) is 0. The SMILES string of the molecule is C=CC(NCC(O)c1ccccc1)n1cnc2c1c(=O)n(C)c(=O)n2C. The molecule has 0 aliphatic rings. The van der Waals surface area contributed by atoms with Crippen LogP contribution in [-0.4, -0.2) is 30.3 Å². The number of aryl methyl sites for hydroxylation is 1. The van der Waals surface area contributed by atoms with Gasteiger partial charge in [-0.25, -0.2) is 9.78 Å². The molecular formula is C18H21N5O3. The van der Waals surface area contributed by atoms with E-state index in [9.17, 15) is 14.7 Å². The van der Waals surface area contributed by atoms with Gasteiger partial charge in [0.05, 0.1) is 12.4 Å². The van der Waals surface area contributed by atoms with Crippen LogP contribution in [0.1, 0.15) is 17.8 Å². The molecule has 0 fully saturated rings. The van der Waals surface area contributed by atoms with E-state index in [1.165, 1.54) is 17.9 Å². The fourth-order valence-electron chi connectivity index (χ4n) is 2.90. The Kier molecular flexibility index (Phi) is 4.88. The number of fused-ring (bicyclic) bond motifs is 1. The lowest BCUT2D eigenvalue weighted by molar-refractivity contribution is 0.168. The highest BCUT2D eigenvalue weighted by atomic mass is 16.3. The quantitative estimate of drug-likeness (QED) is 0.626. The maximum atomic E-state index is 12.5. The van der Waals surface area contributed by atoms with Crippen LogP contribution < -0.4 is 16.6 Å². The van der Waals surface area contributed by atoms with Gasteiger partial charge in [-0.15, -0.1) is 0 Å². The van der Waals surface area contributed by atoms with Crippen molar-refractivity contribution in [2.24, 2.45) is 14.1 Å². The van der Waals surface area contributed by atoms with Gasteiger partial charge in [-0.05, 0) is 5.56 Å². The van der Waals surface area contributed by atoms with Crippen molar-refractivity contribution < 1.29 is 5.11 Å². The minimum Gasteiger partial charge on any atom is -0.387 e. The Balaban J connectivity index is 1.93. The van der Waals surface area contributed by atoms with Crippen molar-refractivity contribution in [3.05, 3.63) is 75.7 Å². The van der Waals surface area contributed by atoms with Gasteiger partial charge in [-0.2, -0.15) is 0 Å². The number of benzene rings is 1. The topological polar surface area (TPSA) is 94.1 Å². The third-order valence-corrected chi connectivity index (χ3v) is 4.40. The predicted octanol–water partition coefficient (Wildman–Crippen LogP) is 0.441. The van der Waals surface area contributed by atoms with Crippen molar-refractivity contribution in [3.8, 4) is 0 Å². The van der Waals surface area contributed by atoms with Gasteiger partial charge in [0.1, 0.15) is 6.17 Å². The number of aliphatic hydroxyl groups excluding tert-OH is 1. The largest absolute Gasteiger partial charge is 0.387 e. The fraction of sp³-hybridized carbons (Fsp3) is 0.278. The Morgan fingerprint density at radius 3 is 2.58 bits per heavy atom. The molecule has 0 saturated heterocycles. The van der Waals surface area contributed by atoms with E-state index in [-0.39, 0.29) is 6.54 Å². The number of hydrogen-bond donors (Lipinski definition) is 2. The molecule has 0 amide bonds. The molecule has 2 N–H and O–H groups in total. The van der Waals surface area contributed by atoms with Crippen LogP contribution in [0.2, 0.25) is 0 Å². The van der Waals surface area contributed by atoms with Gasteiger partial charge in [0.2, 0.25) is 0 Å². The summed E-state index contributed by atoms with van der Waals surface area (Å²) in [5, 5.41) is 13.5. The van der Waals surface area contributed by atoms with Gasteiger partial charge in [0.25, 0.3) is 5.56 Å². The molecule has 0 bridgehead atoms. The maximum absolute atomic E-state index is 12.5. The van der Waals surface area contributed by atoms with Crippen LogP contribution in [0.4, 0.5) is 0 Å². The summed E-state index contributed by atoms with van der Waals surface area (Å²) >= 11 is 0. The van der Waals surface area contributed by atoms with E-state index in [1.807, 2.05) is 30.3 Å². The molecule has 0 spiro atoms. The van der Waals surface area contributed by atoms with Crippen molar-refractivity contribution >= 4 is 11.2 Å². The third-order valence-electron chi connectivity index (χ3n) is 4.40. The Morgan fingerprint density at radius 2 is 1.92 bits per heavy atom. The van der Waals surface area contributed by atoms with Crippen molar-refractivity contribution in [1.82, 2.24) is 24.0 Å². The molecule has 0 saturated carbocycles. The van der Waals surface area contributed by atoms with E-state index in [2.05, 4.69) is 16.9 Å². The molecule has 2 unspecified atom stereocenters. The Bertz CT molecular complexity index is 1050. The lowest BCUT2D eigenvalue weighted by Crippen LogP contribution is -2.38. The lowest BCUT2D eigenvalue weighted by atomic mass is 10.1. The average molecular weight is 355 g/mol. The Hall–Kier alpha value is -2.97. The summed E-state index contributed by atoms with van der Waals surface area (Å²) in [6, 6.07) is 9.28. The standard InChI is InChI=1S/C18H21N5O3/c1-4-14(19-10-13(24)12-8-6-5-7-9-12)23-11-20-16-15(23)17(25)22(3)18(26)21(16)2/h4-9,11,13-14,19,24H,1,10H2,2-3H3. The molecule has 3 rings (SSSR count). The summed E-state index contributed by atoms with van der Waals surface area (Å²) in [7, 11) is 2.99. The van der Waals surface area contributed by atoms with Crippen molar-refractivity contribution in [2.45, 2.75) is 12.3 Å². The molecule has 8 nitrogen and oxygen atoms in total. The third kappa shape index (κ3) is 3.00. The highest BCUT2D eigenvalue weighted by Gasteiger charge is 2.19. The number of rotatable bonds is 6. The Labute approximate surface area is 149 Å². The zero-order chi connectivity index (χ0) is 18.8. The van der Waals surface area contributed by atoms with Gasteiger partial charge >= 0.3 is 5.69 Å². The summed E-state index contributed by atoms with van der Waals surface area (Å²) < 4.78 is 3.98. The molecule has 0 aliphatic heterocycles.